The van der Waals surface area contributed by atoms with Gasteiger partial charge in [-0.25, -0.2) is 13.8 Å². The smallest absolute Gasteiger partial charge is 0.258 e. The van der Waals surface area contributed by atoms with Crippen molar-refractivity contribution in [3.05, 3.63) is 112 Å². The summed E-state index contributed by atoms with van der Waals surface area (Å²) in [6.07, 6.45) is 3.60. The molecular formula is C28H27IN4O3S. The minimum Gasteiger partial charge on any atom is -0.340 e. The summed E-state index contributed by atoms with van der Waals surface area (Å²) in [5.41, 5.74) is 6.26. The minimum absolute atomic E-state index is 0.0907. The molecule has 37 heavy (non-hydrogen) atoms. The van der Waals surface area contributed by atoms with E-state index in [-0.39, 0.29) is 11.3 Å². The first-order chi connectivity index (χ1) is 17.8. The number of carbonyl (C=O) groups excluding carboxylic acids is 1. The van der Waals surface area contributed by atoms with Crippen LogP contribution in [-0.4, -0.2) is 31.1 Å². The molecule has 1 aromatic heterocycles. The van der Waals surface area contributed by atoms with Crippen LogP contribution in [-0.2, 0) is 27.8 Å². The molecule has 4 rings (SSSR count). The molecule has 2 N–H and O–H groups in total. The van der Waals surface area contributed by atoms with Crippen LogP contribution in [0.25, 0.3) is 10.9 Å². The van der Waals surface area contributed by atoms with E-state index in [0.29, 0.717) is 6.54 Å². The van der Waals surface area contributed by atoms with Gasteiger partial charge in [-0.15, -0.1) is 6.58 Å². The maximum absolute atomic E-state index is 13.2. The predicted octanol–water partition coefficient (Wildman–Crippen LogP) is 4.78. The van der Waals surface area contributed by atoms with Crippen LogP contribution in [0.5, 0.6) is 0 Å². The fraction of sp³-hybridized carbons (Fsp3) is 0.143. The Balaban J connectivity index is 1.58. The molecule has 3 aromatic carbocycles. The summed E-state index contributed by atoms with van der Waals surface area (Å²) in [7, 11) is -3.94. The van der Waals surface area contributed by atoms with Gasteiger partial charge in [0.15, 0.2) is 0 Å². The molecule has 0 aliphatic carbocycles. The topological polar surface area (TPSA) is 92.6 Å². The molecular weight excluding hydrogens is 599 g/mol. The molecule has 0 fully saturated rings. The van der Waals surface area contributed by atoms with E-state index in [1.54, 1.807) is 18.3 Å². The van der Waals surface area contributed by atoms with E-state index < -0.39 is 22.0 Å². The van der Waals surface area contributed by atoms with Gasteiger partial charge in [0.05, 0.1) is 11.1 Å². The van der Waals surface area contributed by atoms with Crippen molar-refractivity contribution < 1.29 is 13.2 Å². The van der Waals surface area contributed by atoms with Crippen molar-refractivity contribution in [2.45, 2.75) is 30.8 Å². The third kappa shape index (κ3) is 6.35. The molecule has 0 radical (unpaired) electrons. The average Bonchev–Trinajstić information content (AvgIpc) is 3.15. The van der Waals surface area contributed by atoms with Crippen molar-refractivity contribution >= 4 is 55.6 Å². The highest BCUT2D eigenvalue weighted by Crippen LogP contribution is 2.24. The van der Waals surface area contributed by atoms with Crippen LogP contribution in [0.2, 0.25) is 0 Å². The van der Waals surface area contributed by atoms with E-state index in [1.165, 1.54) is 12.1 Å². The third-order valence-electron chi connectivity index (χ3n) is 5.98. The van der Waals surface area contributed by atoms with Crippen LogP contribution in [0.3, 0.4) is 0 Å². The van der Waals surface area contributed by atoms with Crippen molar-refractivity contribution in [2.75, 3.05) is 0 Å². The van der Waals surface area contributed by atoms with E-state index >= 15 is 0 Å². The van der Waals surface area contributed by atoms with Crippen molar-refractivity contribution in [3.8, 4) is 0 Å². The van der Waals surface area contributed by atoms with Crippen LogP contribution in [0.1, 0.15) is 16.8 Å². The van der Waals surface area contributed by atoms with E-state index in [4.69, 9.17) is 0 Å². The Bertz CT molecular complexity index is 1550. The minimum atomic E-state index is -3.94. The molecule has 0 bridgehead atoms. The number of nitrogens with zero attached hydrogens (tertiary/aromatic N) is 2. The highest BCUT2D eigenvalue weighted by molar-refractivity contribution is 14.1. The molecule has 4 aromatic rings. The number of fused-ring (bicyclic) bond motifs is 1. The number of rotatable bonds is 10. The van der Waals surface area contributed by atoms with Crippen LogP contribution in [0.4, 0.5) is 0 Å². The van der Waals surface area contributed by atoms with Crippen molar-refractivity contribution in [2.24, 2.45) is 5.10 Å². The maximum Gasteiger partial charge on any atom is 0.258 e. The largest absolute Gasteiger partial charge is 0.340 e. The second kappa shape index (κ2) is 11.8. The Morgan fingerprint density at radius 2 is 1.73 bits per heavy atom. The van der Waals surface area contributed by atoms with Gasteiger partial charge in [-0.1, -0.05) is 54.6 Å². The fourth-order valence-corrected chi connectivity index (χ4v) is 5.69. The van der Waals surface area contributed by atoms with Crippen LogP contribution < -0.4 is 10.1 Å². The van der Waals surface area contributed by atoms with Crippen LogP contribution in [0.15, 0.2) is 102 Å². The zero-order valence-electron chi connectivity index (χ0n) is 20.3. The van der Waals surface area contributed by atoms with Gasteiger partial charge in [0.25, 0.3) is 5.91 Å². The number of allylic oxidation sites excluding steroid dienone is 1. The van der Waals surface area contributed by atoms with Gasteiger partial charge in [0.2, 0.25) is 10.0 Å². The van der Waals surface area contributed by atoms with Gasteiger partial charge < -0.3 is 4.57 Å². The Labute approximate surface area is 230 Å². The molecule has 0 aliphatic heterocycles. The Morgan fingerprint density at radius 1 is 1.05 bits per heavy atom. The van der Waals surface area contributed by atoms with Crippen LogP contribution in [0, 0.1) is 10.5 Å². The molecule has 0 saturated heterocycles. The van der Waals surface area contributed by atoms with Gasteiger partial charge in [-0.2, -0.15) is 9.82 Å². The summed E-state index contributed by atoms with van der Waals surface area (Å²) in [5.74, 6) is -0.554. The average molecular weight is 627 g/mol. The normalized spacial score (nSPS) is 12.6. The van der Waals surface area contributed by atoms with Gasteiger partial charge in [0.1, 0.15) is 6.04 Å². The van der Waals surface area contributed by atoms with E-state index in [0.717, 1.165) is 31.3 Å². The fourth-order valence-electron chi connectivity index (χ4n) is 4.13. The van der Waals surface area contributed by atoms with Gasteiger partial charge in [-0.05, 0) is 71.8 Å². The quantitative estimate of drug-likeness (QED) is 0.115. The molecule has 9 heteroatoms. The summed E-state index contributed by atoms with van der Waals surface area (Å²) in [6, 6.07) is 22.6. The first kappa shape index (κ1) is 26.8. The lowest BCUT2D eigenvalue weighted by Crippen LogP contribution is -2.46. The summed E-state index contributed by atoms with van der Waals surface area (Å²) in [6.45, 7) is 6.47. The van der Waals surface area contributed by atoms with E-state index in [1.807, 2.05) is 67.6 Å². The molecule has 0 saturated carbocycles. The molecule has 0 spiro atoms. The number of hydrazone groups is 1. The third-order valence-corrected chi connectivity index (χ3v) is 8.19. The Morgan fingerprint density at radius 3 is 2.43 bits per heavy atom. The van der Waals surface area contributed by atoms with Gasteiger partial charge in [0, 0.05) is 32.3 Å². The molecule has 1 heterocycles. The second-order valence-electron chi connectivity index (χ2n) is 8.47. The van der Waals surface area contributed by atoms with Gasteiger partial charge in [-0.3, -0.25) is 4.79 Å². The number of amides is 1. The molecule has 190 valence electrons. The maximum atomic E-state index is 13.2. The number of para-hydroxylation sites is 1. The van der Waals surface area contributed by atoms with Crippen molar-refractivity contribution in [1.82, 2.24) is 14.7 Å². The number of nitrogens with one attached hydrogen (secondary N) is 2. The number of benzene rings is 3. The standard InChI is InChI=1S/C28H27IN4O3S/c1-3-17-33-20(2)25(24-11-7-8-12-27(24)33)19-30-31-28(34)26(18-21-9-5-4-6-10-21)32-37(35,36)23-15-13-22(29)14-16-23/h3-16,19,26,32H,1,17-18H2,2H3,(H,31,34)/b30-19-/t26-/m0/s1. The van der Waals surface area contributed by atoms with E-state index in [9.17, 15) is 13.2 Å². The lowest BCUT2D eigenvalue weighted by Gasteiger charge is -2.17. The summed E-state index contributed by atoms with van der Waals surface area (Å²) in [5, 5.41) is 5.20. The molecule has 1 amide bonds. The number of halogens is 1. The van der Waals surface area contributed by atoms with Crippen molar-refractivity contribution in [3.63, 3.8) is 0 Å². The number of sulfonamides is 1. The second-order valence-corrected chi connectivity index (χ2v) is 11.4. The highest BCUT2D eigenvalue weighted by Gasteiger charge is 2.26. The Hall–Kier alpha value is -3.28. The predicted molar refractivity (Wildman–Crippen MR) is 156 cm³/mol. The highest BCUT2D eigenvalue weighted by atomic mass is 127. The summed E-state index contributed by atoms with van der Waals surface area (Å²) < 4.78 is 31.7. The summed E-state index contributed by atoms with van der Waals surface area (Å²) in [4.78, 5) is 13.3. The first-order valence-corrected chi connectivity index (χ1v) is 14.2. The lowest BCUT2D eigenvalue weighted by molar-refractivity contribution is -0.122. The zero-order chi connectivity index (χ0) is 26.4. The Kier molecular flexibility index (Phi) is 8.57. The van der Waals surface area contributed by atoms with Crippen LogP contribution >= 0.6 is 22.6 Å². The van der Waals surface area contributed by atoms with Crippen molar-refractivity contribution in [1.29, 1.82) is 0 Å². The number of carbonyl (C=O) groups is 1. The molecule has 7 nitrogen and oxygen atoms in total. The molecule has 0 unspecified atom stereocenters. The number of hydrogen-bond acceptors (Lipinski definition) is 4. The first-order valence-electron chi connectivity index (χ1n) is 11.6. The zero-order valence-corrected chi connectivity index (χ0v) is 23.2. The summed E-state index contributed by atoms with van der Waals surface area (Å²) >= 11 is 2.11. The number of aromatic nitrogens is 1. The molecule has 0 aliphatic rings. The van der Waals surface area contributed by atoms with Gasteiger partial charge >= 0.3 is 0 Å². The lowest BCUT2D eigenvalue weighted by atomic mass is 10.1. The SMILES string of the molecule is C=CCn1c(C)c(/C=N\NC(=O)[C@H](Cc2ccccc2)NS(=O)(=O)c2ccc(I)cc2)c2ccccc21. The molecule has 1 atom stereocenters. The van der Waals surface area contributed by atoms with E-state index in [2.05, 4.69) is 49.0 Å². The number of hydrogen-bond donors (Lipinski definition) is 2. The monoisotopic (exact) mass is 626 g/mol.